The van der Waals surface area contributed by atoms with E-state index in [1.165, 1.54) is 24.3 Å². The molecule has 0 heterocycles. The van der Waals surface area contributed by atoms with Crippen LogP contribution < -0.4 is 5.32 Å². The maximum absolute atomic E-state index is 12.8. The molecule has 2 aromatic carbocycles. The lowest BCUT2D eigenvalue weighted by atomic mass is 10.1. The fourth-order valence-corrected chi connectivity index (χ4v) is 1.90. The highest BCUT2D eigenvalue weighted by atomic mass is 19.1. The van der Waals surface area contributed by atoms with Gasteiger partial charge in [-0.15, -0.1) is 0 Å². The van der Waals surface area contributed by atoms with Crippen LogP contribution in [0.15, 0.2) is 48.5 Å². The molecule has 0 saturated carbocycles. The average Bonchev–Trinajstić information content (AvgIpc) is 2.52. The summed E-state index contributed by atoms with van der Waals surface area (Å²) in [7, 11) is 0. The normalized spacial score (nSPS) is 10.7. The van der Waals surface area contributed by atoms with Crippen molar-refractivity contribution in [1.82, 2.24) is 5.32 Å². The van der Waals surface area contributed by atoms with E-state index < -0.39 is 0 Å². The number of carbonyl (C=O) groups excluding carboxylic acids is 1. The van der Waals surface area contributed by atoms with Crippen LogP contribution in [0.4, 0.5) is 4.39 Å². The summed E-state index contributed by atoms with van der Waals surface area (Å²) in [6.07, 6.45) is 0.203. The fraction of sp³-hybridized carbons (Fsp3) is 0.278. The highest BCUT2D eigenvalue weighted by Gasteiger charge is 2.05. The molecule has 0 aliphatic carbocycles. The van der Waals surface area contributed by atoms with Crippen molar-refractivity contribution < 1.29 is 13.9 Å². The van der Waals surface area contributed by atoms with Gasteiger partial charge in [-0.2, -0.15) is 0 Å². The predicted octanol–water partition coefficient (Wildman–Crippen LogP) is 3.68. The summed E-state index contributed by atoms with van der Waals surface area (Å²) in [5, 5.41) is 2.81. The molecule has 2 rings (SSSR count). The van der Waals surface area contributed by atoms with Crippen LogP contribution >= 0.6 is 0 Å². The molecule has 0 spiro atoms. The van der Waals surface area contributed by atoms with Crippen molar-refractivity contribution in [2.45, 2.75) is 33.1 Å². The number of hydrogen-bond donors (Lipinski definition) is 1. The van der Waals surface area contributed by atoms with Gasteiger partial charge in [0, 0.05) is 12.1 Å². The Hall–Kier alpha value is -2.20. The van der Waals surface area contributed by atoms with Gasteiger partial charge in [0.05, 0.1) is 12.7 Å². The van der Waals surface area contributed by atoms with Crippen LogP contribution in [0, 0.1) is 5.82 Å². The lowest BCUT2D eigenvalue weighted by Crippen LogP contribution is -2.22. The van der Waals surface area contributed by atoms with E-state index in [4.69, 9.17) is 4.74 Å². The minimum Gasteiger partial charge on any atom is -0.374 e. The molecule has 0 saturated heterocycles. The van der Waals surface area contributed by atoms with Crippen molar-refractivity contribution in [3.8, 4) is 0 Å². The second-order valence-electron chi connectivity index (χ2n) is 5.37. The lowest BCUT2D eigenvalue weighted by Gasteiger charge is -2.09. The highest BCUT2D eigenvalue weighted by molar-refractivity contribution is 5.94. The molecule has 4 heteroatoms. The number of amides is 1. The van der Waals surface area contributed by atoms with Crippen molar-refractivity contribution in [1.29, 1.82) is 0 Å². The highest BCUT2D eigenvalue weighted by Crippen LogP contribution is 2.08. The van der Waals surface area contributed by atoms with Gasteiger partial charge in [-0.05, 0) is 49.2 Å². The van der Waals surface area contributed by atoms with Gasteiger partial charge in [0.15, 0.2) is 0 Å². The van der Waals surface area contributed by atoms with Gasteiger partial charge in [0.25, 0.3) is 5.91 Å². The Bertz CT molecular complexity index is 606. The number of halogens is 1. The second kappa shape index (κ2) is 7.71. The first-order chi connectivity index (χ1) is 10.5. The van der Waals surface area contributed by atoms with Crippen molar-refractivity contribution in [3.05, 3.63) is 71.0 Å². The topological polar surface area (TPSA) is 38.3 Å². The van der Waals surface area contributed by atoms with Crippen LogP contribution in [0.2, 0.25) is 0 Å². The summed E-state index contributed by atoms with van der Waals surface area (Å²) in [5.74, 6) is -0.567. The summed E-state index contributed by atoms with van der Waals surface area (Å²) >= 11 is 0. The van der Waals surface area contributed by atoms with Crippen LogP contribution in [0.3, 0.4) is 0 Å². The first-order valence-corrected chi connectivity index (χ1v) is 7.28. The molecule has 2 aromatic rings. The number of rotatable bonds is 6. The first-order valence-electron chi connectivity index (χ1n) is 7.28. The summed E-state index contributed by atoms with van der Waals surface area (Å²) in [6.45, 7) is 5.01. The number of hydrogen-bond acceptors (Lipinski definition) is 2. The van der Waals surface area contributed by atoms with Gasteiger partial charge >= 0.3 is 0 Å². The summed E-state index contributed by atoms with van der Waals surface area (Å²) in [5.41, 5.74) is 2.55. The van der Waals surface area contributed by atoms with Gasteiger partial charge in [-0.3, -0.25) is 4.79 Å². The van der Waals surface area contributed by atoms with Crippen molar-refractivity contribution in [2.75, 3.05) is 0 Å². The lowest BCUT2D eigenvalue weighted by molar-refractivity contribution is 0.0657. The predicted molar refractivity (Wildman–Crippen MR) is 83.9 cm³/mol. The van der Waals surface area contributed by atoms with Crippen LogP contribution in [0.25, 0.3) is 0 Å². The third kappa shape index (κ3) is 4.97. The Kier molecular flexibility index (Phi) is 5.67. The molecule has 116 valence electrons. The largest absolute Gasteiger partial charge is 0.374 e. The summed E-state index contributed by atoms with van der Waals surface area (Å²) in [6, 6.07) is 13.4. The smallest absolute Gasteiger partial charge is 0.251 e. The third-order valence-electron chi connectivity index (χ3n) is 3.17. The Morgan fingerprint density at radius 3 is 2.23 bits per heavy atom. The van der Waals surface area contributed by atoms with Crippen molar-refractivity contribution in [2.24, 2.45) is 0 Å². The van der Waals surface area contributed by atoms with Crippen LogP contribution in [-0.2, 0) is 17.9 Å². The molecule has 0 aromatic heterocycles. The van der Waals surface area contributed by atoms with E-state index in [0.29, 0.717) is 18.7 Å². The average molecular weight is 301 g/mol. The van der Waals surface area contributed by atoms with Crippen LogP contribution in [-0.4, -0.2) is 12.0 Å². The van der Waals surface area contributed by atoms with Crippen LogP contribution in [0.1, 0.15) is 35.3 Å². The molecule has 3 nitrogen and oxygen atoms in total. The quantitative estimate of drug-likeness (QED) is 0.884. The summed E-state index contributed by atoms with van der Waals surface area (Å²) < 4.78 is 18.3. The molecule has 0 fully saturated rings. The molecule has 22 heavy (non-hydrogen) atoms. The molecule has 1 N–H and O–H groups in total. The standard InChI is InChI=1S/C18H20FNO2/c1-13(2)22-12-15-5-3-14(4-6-15)11-20-18(21)16-7-9-17(19)10-8-16/h3-10,13H,11-12H2,1-2H3,(H,20,21). The molecule has 1 amide bonds. The fourth-order valence-electron chi connectivity index (χ4n) is 1.90. The van der Waals surface area contributed by atoms with E-state index in [0.717, 1.165) is 11.1 Å². The third-order valence-corrected chi connectivity index (χ3v) is 3.17. The Labute approximate surface area is 130 Å². The number of nitrogens with one attached hydrogen (secondary N) is 1. The zero-order valence-corrected chi connectivity index (χ0v) is 12.8. The van der Waals surface area contributed by atoms with E-state index in [2.05, 4.69) is 5.32 Å². The van der Waals surface area contributed by atoms with Gasteiger partial charge in [-0.25, -0.2) is 4.39 Å². The molecule has 0 aliphatic rings. The van der Waals surface area contributed by atoms with E-state index in [9.17, 15) is 9.18 Å². The van der Waals surface area contributed by atoms with E-state index in [-0.39, 0.29) is 17.8 Å². The zero-order valence-electron chi connectivity index (χ0n) is 12.8. The Balaban J connectivity index is 1.86. The maximum atomic E-state index is 12.8. The minimum absolute atomic E-state index is 0.203. The van der Waals surface area contributed by atoms with Gasteiger partial charge in [0.1, 0.15) is 5.82 Å². The van der Waals surface area contributed by atoms with Gasteiger partial charge in [0.2, 0.25) is 0 Å². The van der Waals surface area contributed by atoms with Crippen LogP contribution in [0.5, 0.6) is 0 Å². The number of carbonyl (C=O) groups is 1. The first kappa shape index (κ1) is 16.2. The molecule has 0 bridgehead atoms. The molecule has 0 unspecified atom stereocenters. The minimum atomic E-state index is -0.351. The van der Waals surface area contributed by atoms with Gasteiger partial charge in [-0.1, -0.05) is 24.3 Å². The SMILES string of the molecule is CC(C)OCc1ccc(CNC(=O)c2ccc(F)cc2)cc1. The van der Waals surface area contributed by atoms with E-state index >= 15 is 0 Å². The van der Waals surface area contributed by atoms with Crippen molar-refractivity contribution in [3.63, 3.8) is 0 Å². The maximum Gasteiger partial charge on any atom is 0.251 e. The molecule has 0 atom stereocenters. The molecular weight excluding hydrogens is 281 g/mol. The van der Waals surface area contributed by atoms with Crippen molar-refractivity contribution >= 4 is 5.91 Å². The molecule has 0 aliphatic heterocycles. The molecule has 0 radical (unpaired) electrons. The Morgan fingerprint density at radius 2 is 1.64 bits per heavy atom. The van der Waals surface area contributed by atoms with E-state index in [1.807, 2.05) is 38.1 Å². The second-order valence-corrected chi connectivity index (χ2v) is 5.37. The zero-order chi connectivity index (χ0) is 15.9. The number of ether oxygens (including phenoxy) is 1. The Morgan fingerprint density at radius 1 is 1.05 bits per heavy atom. The van der Waals surface area contributed by atoms with Gasteiger partial charge < -0.3 is 10.1 Å². The monoisotopic (exact) mass is 301 g/mol. The molecular formula is C18H20FNO2. The summed E-state index contributed by atoms with van der Waals surface area (Å²) in [4.78, 5) is 11.9. The number of benzene rings is 2. The van der Waals surface area contributed by atoms with E-state index in [1.54, 1.807) is 0 Å².